The quantitative estimate of drug-likeness (QED) is 0.850. The van der Waals surface area contributed by atoms with E-state index in [1.165, 1.54) is 18.2 Å². The predicted octanol–water partition coefficient (Wildman–Crippen LogP) is 3.27. The summed E-state index contributed by atoms with van der Waals surface area (Å²) in [6.07, 6.45) is 2.52. The standard InChI is InChI=1S/C15H15FO3/c1-9-8-10(6-7-13(9)16)14(17)11-4-2-3-5-12(11)15(18)19/h6-8H,2-5H2,1H3,(H,18,19). The Morgan fingerprint density at radius 1 is 1.16 bits per heavy atom. The number of carbonyl (C=O) groups excluding carboxylic acids is 1. The molecule has 0 saturated carbocycles. The topological polar surface area (TPSA) is 54.4 Å². The third kappa shape index (κ3) is 2.72. The highest BCUT2D eigenvalue weighted by Crippen LogP contribution is 2.28. The SMILES string of the molecule is Cc1cc(C(=O)C2=C(C(=O)O)CCCC2)ccc1F. The van der Waals surface area contributed by atoms with Crippen LogP contribution in [0.4, 0.5) is 4.39 Å². The van der Waals surface area contributed by atoms with Crippen LogP contribution < -0.4 is 0 Å². The van der Waals surface area contributed by atoms with E-state index in [-0.39, 0.29) is 17.2 Å². The number of rotatable bonds is 3. The molecule has 0 spiro atoms. The second kappa shape index (κ2) is 5.34. The fraction of sp³-hybridized carbons (Fsp3) is 0.333. The van der Waals surface area contributed by atoms with Crippen molar-refractivity contribution in [1.82, 2.24) is 0 Å². The summed E-state index contributed by atoms with van der Waals surface area (Å²) in [5.74, 6) is -1.69. The van der Waals surface area contributed by atoms with E-state index in [9.17, 15) is 14.0 Å². The Morgan fingerprint density at radius 2 is 1.79 bits per heavy atom. The van der Waals surface area contributed by atoms with Crippen LogP contribution in [0.3, 0.4) is 0 Å². The molecule has 3 nitrogen and oxygen atoms in total. The van der Waals surface area contributed by atoms with E-state index in [0.29, 0.717) is 29.5 Å². The summed E-state index contributed by atoms with van der Waals surface area (Å²) >= 11 is 0. The molecule has 0 saturated heterocycles. The van der Waals surface area contributed by atoms with Crippen LogP contribution in [0.5, 0.6) is 0 Å². The largest absolute Gasteiger partial charge is 0.478 e. The Hall–Kier alpha value is -1.97. The maximum Gasteiger partial charge on any atom is 0.331 e. The van der Waals surface area contributed by atoms with Crippen molar-refractivity contribution in [2.24, 2.45) is 0 Å². The van der Waals surface area contributed by atoms with Crippen molar-refractivity contribution in [3.63, 3.8) is 0 Å². The van der Waals surface area contributed by atoms with Crippen LogP contribution >= 0.6 is 0 Å². The molecule has 1 aromatic carbocycles. The molecule has 1 N–H and O–H groups in total. The molecule has 2 rings (SSSR count). The molecule has 0 radical (unpaired) electrons. The van der Waals surface area contributed by atoms with Gasteiger partial charge in [-0.25, -0.2) is 9.18 Å². The first-order valence-corrected chi connectivity index (χ1v) is 6.27. The molecule has 0 fully saturated rings. The first-order chi connectivity index (χ1) is 9.00. The number of benzene rings is 1. The number of halogens is 1. The van der Waals surface area contributed by atoms with E-state index in [0.717, 1.165) is 12.8 Å². The molecular weight excluding hydrogens is 247 g/mol. The first kappa shape index (κ1) is 13.5. The number of carboxylic acid groups (broad SMARTS) is 1. The number of carbonyl (C=O) groups is 2. The summed E-state index contributed by atoms with van der Waals surface area (Å²) in [4.78, 5) is 23.5. The number of aryl methyl sites for hydroxylation is 1. The van der Waals surface area contributed by atoms with Crippen molar-refractivity contribution in [2.45, 2.75) is 32.6 Å². The van der Waals surface area contributed by atoms with Crippen LogP contribution in [0.2, 0.25) is 0 Å². The Balaban J connectivity index is 2.41. The zero-order chi connectivity index (χ0) is 14.0. The number of hydrogen-bond donors (Lipinski definition) is 1. The number of aliphatic carboxylic acids is 1. The van der Waals surface area contributed by atoms with E-state index in [1.807, 2.05) is 0 Å². The van der Waals surface area contributed by atoms with Crippen molar-refractivity contribution in [3.05, 3.63) is 46.3 Å². The number of ketones is 1. The molecule has 100 valence electrons. The third-order valence-corrected chi connectivity index (χ3v) is 3.42. The average molecular weight is 262 g/mol. The predicted molar refractivity (Wildman–Crippen MR) is 68.6 cm³/mol. The Morgan fingerprint density at radius 3 is 2.37 bits per heavy atom. The van der Waals surface area contributed by atoms with Gasteiger partial charge in [-0.2, -0.15) is 0 Å². The fourth-order valence-corrected chi connectivity index (χ4v) is 2.35. The Kier molecular flexibility index (Phi) is 3.79. The highest BCUT2D eigenvalue weighted by Gasteiger charge is 2.24. The van der Waals surface area contributed by atoms with Gasteiger partial charge in [-0.05, 0) is 56.4 Å². The highest BCUT2D eigenvalue weighted by molar-refractivity contribution is 6.12. The van der Waals surface area contributed by atoms with E-state index in [4.69, 9.17) is 5.11 Å². The van der Waals surface area contributed by atoms with Gasteiger partial charge in [0.2, 0.25) is 0 Å². The molecule has 1 aromatic rings. The van der Waals surface area contributed by atoms with E-state index < -0.39 is 5.97 Å². The van der Waals surface area contributed by atoms with Gasteiger partial charge in [0, 0.05) is 16.7 Å². The number of Topliss-reactive ketones (excluding diaryl/α,β-unsaturated/α-hetero) is 1. The summed E-state index contributed by atoms with van der Waals surface area (Å²) in [6, 6.07) is 4.12. The lowest BCUT2D eigenvalue weighted by Crippen LogP contribution is -2.16. The minimum atomic E-state index is -1.03. The van der Waals surface area contributed by atoms with Gasteiger partial charge in [0.15, 0.2) is 5.78 Å². The normalized spacial score (nSPS) is 15.5. The fourth-order valence-electron chi connectivity index (χ4n) is 2.35. The van der Waals surface area contributed by atoms with Gasteiger partial charge in [0.1, 0.15) is 5.82 Å². The van der Waals surface area contributed by atoms with Crippen LogP contribution in [0.15, 0.2) is 29.3 Å². The molecule has 0 unspecified atom stereocenters. The summed E-state index contributed by atoms with van der Waals surface area (Å²) in [7, 11) is 0. The van der Waals surface area contributed by atoms with Crippen molar-refractivity contribution < 1.29 is 19.1 Å². The zero-order valence-electron chi connectivity index (χ0n) is 10.7. The molecule has 1 aliphatic carbocycles. The van der Waals surface area contributed by atoms with Crippen LogP contribution in [0.25, 0.3) is 0 Å². The minimum absolute atomic E-state index is 0.207. The molecular formula is C15H15FO3. The summed E-state index contributed by atoms with van der Waals surface area (Å²) in [5, 5.41) is 9.13. The maximum atomic E-state index is 13.2. The van der Waals surface area contributed by atoms with Crippen LogP contribution in [0.1, 0.15) is 41.6 Å². The second-order valence-corrected chi connectivity index (χ2v) is 4.76. The van der Waals surface area contributed by atoms with Crippen LogP contribution in [-0.4, -0.2) is 16.9 Å². The smallest absolute Gasteiger partial charge is 0.331 e. The van der Waals surface area contributed by atoms with Crippen LogP contribution in [-0.2, 0) is 4.79 Å². The maximum absolute atomic E-state index is 13.2. The van der Waals surface area contributed by atoms with E-state index >= 15 is 0 Å². The van der Waals surface area contributed by atoms with Crippen molar-refractivity contribution in [3.8, 4) is 0 Å². The lowest BCUT2D eigenvalue weighted by molar-refractivity contribution is -0.133. The van der Waals surface area contributed by atoms with Crippen molar-refractivity contribution >= 4 is 11.8 Å². The number of hydrogen-bond acceptors (Lipinski definition) is 2. The zero-order valence-corrected chi connectivity index (χ0v) is 10.7. The molecule has 0 atom stereocenters. The highest BCUT2D eigenvalue weighted by atomic mass is 19.1. The van der Waals surface area contributed by atoms with Gasteiger partial charge in [-0.15, -0.1) is 0 Å². The number of carboxylic acids is 1. The minimum Gasteiger partial charge on any atom is -0.478 e. The molecule has 4 heteroatoms. The molecule has 0 aliphatic heterocycles. The molecule has 0 bridgehead atoms. The van der Waals surface area contributed by atoms with Gasteiger partial charge in [-0.3, -0.25) is 4.79 Å². The lowest BCUT2D eigenvalue weighted by atomic mass is 9.87. The Labute approximate surface area is 110 Å². The molecule has 0 aromatic heterocycles. The lowest BCUT2D eigenvalue weighted by Gasteiger charge is -2.16. The van der Waals surface area contributed by atoms with E-state index in [2.05, 4.69) is 0 Å². The van der Waals surface area contributed by atoms with Crippen molar-refractivity contribution in [1.29, 1.82) is 0 Å². The van der Waals surface area contributed by atoms with Gasteiger partial charge in [0.05, 0.1) is 0 Å². The number of allylic oxidation sites excluding steroid dienone is 1. The molecule has 0 heterocycles. The summed E-state index contributed by atoms with van der Waals surface area (Å²) in [5.41, 5.74) is 1.32. The van der Waals surface area contributed by atoms with Gasteiger partial charge in [0.25, 0.3) is 0 Å². The van der Waals surface area contributed by atoms with Gasteiger partial charge < -0.3 is 5.11 Å². The molecule has 19 heavy (non-hydrogen) atoms. The first-order valence-electron chi connectivity index (χ1n) is 6.27. The summed E-state index contributed by atoms with van der Waals surface area (Å²) < 4.78 is 13.2. The third-order valence-electron chi connectivity index (χ3n) is 3.42. The van der Waals surface area contributed by atoms with E-state index in [1.54, 1.807) is 6.92 Å². The average Bonchev–Trinajstić information content (AvgIpc) is 2.41. The van der Waals surface area contributed by atoms with Gasteiger partial charge >= 0.3 is 5.97 Å². The Bertz CT molecular complexity index is 573. The van der Waals surface area contributed by atoms with Gasteiger partial charge in [-0.1, -0.05) is 0 Å². The monoisotopic (exact) mass is 262 g/mol. The summed E-state index contributed by atoms with van der Waals surface area (Å²) in [6.45, 7) is 1.58. The molecule has 0 amide bonds. The second-order valence-electron chi connectivity index (χ2n) is 4.76. The molecule has 1 aliphatic rings. The van der Waals surface area contributed by atoms with Crippen LogP contribution in [0, 0.1) is 12.7 Å². The van der Waals surface area contributed by atoms with Crippen molar-refractivity contribution in [2.75, 3.05) is 0 Å².